The van der Waals surface area contributed by atoms with Crippen LogP contribution in [0.5, 0.6) is 0 Å². The molecule has 6 heteroatoms. The Bertz CT molecular complexity index is 496. The van der Waals surface area contributed by atoms with Crippen molar-refractivity contribution in [1.82, 2.24) is 10.7 Å². The first-order chi connectivity index (χ1) is 9.70. The van der Waals surface area contributed by atoms with E-state index in [0.29, 0.717) is 17.2 Å². The maximum Gasteiger partial charge on any atom is 0.256 e. The number of benzene rings is 1. The van der Waals surface area contributed by atoms with E-state index in [1.165, 1.54) is 0 Å². The van der Waals surface area contributed by atoms with Crippen LogP contribution in [-0.4, -0.2) is 23.1 Å². The van der Waals surface area contributed by atoms with Gasteiger partial charge in [0.25, 0.3) is 11.8 Å². The number of nitrogens with two attached hydrogens (primary N) is 1. The molecule has 1 aromatic rings. The lowest BCUT2D eigenvalue weighted by atomic mass is 10.1. The van der Waals surface area contributed by atoms with Gasteiger partial charge < -0.3 is 5.32 Å². The fourth-order valence-electron chi connectivity index (χ4n) is 2.01. The molecule has 1 aliphatic heterocycles. The standard InChI is InChI=1S/C14H17N3O2S/c15-17-14(19)12(9-11-7-4-8-20-11)16-13(18)10-5-2-1-3-6-10/h1-6,8,11-12H,7,9,15H2,(H,16,18)(H,17,19)/t11?,12-/m0/s1. The minimum absolute atomic E-state index is 0.268. The Morgan fingerprint density at radius 2 is 2.10 bits per heavy atom. The van der Waals surface area contributed by atoms with Crippen molar-refractivity contribution in [3.8, 4) is 0 Å². The Labute approximate surface area is 122 Å². The number of nitrogens with one attached hydrogen (secondary N) is 2. The largest absolute Gasteiger partial charge is 0.340 e. The van der Waals surface area contributed by atoms with Crippen molar-refractivity contribution in [2.45, 2.75) is 24.1 Å². The van der Waals surface area contributed by atoms with Gasteiger partial charge in [0, 0.05) is 10.8 Å². The van der Waals surface area contributed by atoms with Crippen molar-refractivity contribution in [2.24, 2.45) is 5.84 Å². The summed E-state index contributed by atoms with van der Waals surface area (Å²) in [7, 11) is 0. The molecule has 0 fully saturated rings. The molecule has 2 rings (SSSR count). The van der Waals surface area contributed by atoms with Crippen molar-refractivity contribution < 1.29 is 9.59 Å². The summed E-state index contributed by atoms with van der Waals surface area (Å²) < 4.78 is 0. The van der Waals surface area contributed by atoms with Crippen LogP contribution in [0.4, 0.5) is 0 Å². The SMILES string of the molecule is NNC(=O)[C@H](CC1CC=CS1)NC(=O)c1ccccc1. The number of carbonyl (C=O) groups is 2. The average Bonchev–Trinajstić information content (AvgIpc) is 2.99. The number of rotatable bonds is 5. The zero-order chi connectivity index (χ0) is 14.4. The minimum Gasteiger partial charge on any atom is -0.340 e. The van der Waals surface area contributed by atoms with Gasteiger partial charge in [-0.15, -0.1) is 11.8 Å². The van der Waals surface area contributed by atoms with Crippen molar-refractivity contribution in [3.05, 3.63) is 47.4 Å². The molecular formula is C14H17N3O2S. The average molecular weight is 291 g/mol. The molecule has 0 spiro atoms. The fraction of sp³-hybridized carbons (Fsp3) is 0.286. The summed E-state index contributed by atoms with van der Waals surface area (Å²) in [4.78, 5) is 23.9. The second-order valence-corrected chi connectivity index (χ2v) is 5.71. The van der Waals surface area contributed by atoms with Crippen LogP contribution in [-0.2, 0) is 4.79 Å². The second kappa shape index (κ2) is 7.12. The zero-order valence-electron chi connectivity index (χ0n) is 10.9. The maximum absolute atomic E-state index is 12.1. The molecule has 4 N–H and O–H groups in total. The van der Waals surface area contributed by atoms with Gasteiger partial charge in [-0.05, 0) is 30.4 Å². The zero-order valence-corrected chi connectivity index (χ0v) is 11.7. The number of amides is 2. The summed E-state index contributed by atoms with van der Waals surface area (Å²) in [6.07, 6.45) is 3.52. The fourth-order valence-corrected chi connectivity index (χ4v) is 2.98. The van der Waals surface area contributed by atoms with Crippen LogP contribution in [0.3, 0.4) is 0 Å². The third-order valence-corrected chi connectivity index (χ3v) is 4.18. The van der Waals surface area contributed by atoms with E-state index >= 15 is 0 Å². The van der Waals surface area contributed by atoms with Crippen molar-refractivity contribution >= 4 is 23.6 Å². The van der Waals surface area contributed by atoms with Gasteiger partial charge in [-0.3, -0.25) is 15.0 Å². The van der Waals surface area contributed by atoms with Crippen molar-refractivity contribution in [3.63, 3.8) is 0 Å². The number of hydrogen-bond acceptors (Lipinski definition) is 4. The number of hydrazine groups is 1. The molecule has 1 aliphatic rings. The monoisotopic (exact) mass is 291 g/mol. The molecule has 1 aromatic carbocycles. The summed E-state index contributed by atoms with van der Waals surface area (Å²) in [6, 6.07) is 8.19. The highest BCUT2D eigenvalue weighted by Gasteiger charge is 2.25. The predicted octanol–water partition coefficient (Wildman–Crippen LogP) is 1.18. The smallest absolute Gasteiger partial charge is 0.256 e. The summed E-state index contributed by atoms with van der Waals surface area (Å²) in [6.45, 7) is 0. The van der Waals surface area contributed by atoms with Crippen LogP contribution in [0.2, 0.25) is 0 Å². The van der Waals surface area contributed by atoms with E-state index in [0.717, 1.165) is 6.42 Å². The Kier molecular flexibility index (Phi) is 5.20. The van der Waals surface area contributed by atoms with Crippen molar-refractivity contribution in [2.75, 3.05) is 0 Å². The minimum atomic E-state index is -0.620. The number of carbonyl (C=O) groups excluding carboxylic acids is 2. The molecule has 0 aromatic heterocycles. The molecule has 106 valence electrons. The Morgan fingerprint density at radius 3 is 2.70 bits per heavy atom. The lowest BCUT2D eigenvalue weighted by molar-refractivity contribution is -0.123. The van der Waals surface area contributed by atoms with Gasteiger partial charge in [0.15, 0.2) is 0 Å². The molecule has 1 heterocycles. The molecule has 1 unspecified atom stereocenters. The summed E-state index contributed by atoms with van der Waals surface area (Å²) in [5.74, 6) is 4.55. The summed E-state index contributed by atoms with van der Waals surface area (Å²) >= 11 is 1.67. The van der Waals surface area contributed by atoms with E-state index in [1.807, 2.05) is 11.5 Å². The van der Waals surface area contributed by atoms with E-state index < -0.39 is 6.04 Å². The van der Waals surface area contributed by atoms with Gasteiger partial charge in [0.1, 0.15) is 6.04 Å². The summed E-state index contributed by atoms with van der Waals surface area (Å²) in [5, 5.41) is 5.05. The number of allylic oxidation sites excluding steroid dienone is 1. The van der Waals surface area contributed by atoms with Gasteiger partial charge in [0.2, 0.25) is 0 Å². The first kappa shape index (κ1) is 14.6. The van der Waals surface area contributed by atoms with E-state index in [-0.39, 0.29) is 11.8 Å². The summed E-state index contributed by atoms with van der Waals surface area (Å²) in [5.41, 5.74) is 2.64. The van der Waals surface area contributed by atoms with Gasteiger partial charge >= 0.3 is 0 Å². The molecule has 2 atom stereocenters. The lowest BCUT2D eigenvalue weighted by Crippen LogP contribution is -2.49. The van der Waals surface area contributed by atoms with E-state index in [9.17, 15) is 9.59 Å². The molecule has 0 saturated carbocycles. The van der Waals surface area contributed by atoms with Crippen LogP contribution in [0.1, 0.15) is 23.2 Å². The van der Waals surface area contributed by atoms with Crippen LogP contribution in [0, 0.1) is 0 Å². The normalized spacial score (nSPS) is 18.6. The molecule has 20 heavy (non-hydrogen) atoms. The Balaban J connectivity index is 2.00. The number of thioether (sulfide) groups is 1. The molecule has 5 nitrogen and oxygen atoms in total. The van der Waals surface area contributed by atoms with Crippen molar-refractivity contribution in [1.29, 1.82) is 0 Å². The second-order valence-electron chi connectivity index (χ2n) is 4.50. The van der Waals surface area contributed by atoms with E-state index in [1.54, 1.807) is 36.0 Å². The molecule has 2 amide bonds. The Morgan fingerprint density at radius 1 is 1.35 bits per heavy atom. The highest BCUT2D eigenvalue weighted by molar-refractivity contribution is 8.03. The number of hydrogen-bond donors (Lipinski definition) is 3. The maximum atomic E-state index is 12.1. The van der Waals surface area contributed by atoms with Crippen LogP contribution in [0.25, 0.3) is 0 Å². The molecular weight excluding hydrogens is 274 g/mol. The van der Waals surface area contributed by atoms with E-state index in [2.05, 4.69) is 16.8 Å². The third-order valence-electron chi connectivity index (χ3n) is 3.06. The van der Waals surface area contributed by atoms with Gasteiger partial charge in [-0.2, -0.15) is 0 Å². The van der Waals surface area contributed by atoms with Gasteiger partial charge in [-0.1, -0.05) is 24.3 Å². The Hall–Kier alpha value is -1.79. The topological polar surface area (TPSA) is 84.2 Å². The highest BCUT2D eigenvalue weighted by atomic mass is 32.2. The molecule has 0 bridgehead atoms. The third kappa shape index (κ3) is 3.85. The van der Waals surface area contributed by atoms with Crippen LogP contribution in [0.15, 0.2) is 41.8 Å². The predicted molar refractivity (Wildman–Crippen MR) is 79.8 cm³/mol. The first-order valence-corrected chi connectivity index (χ1v) is 7.32. The van der Waals surface area contributed by atoms with Gasteiger partial charge in [0.05, 0.1) is 0 Å². The molecule has 0 saturated heterocycles. The first-order valence-electron chi connectivity index (χ1n) is 6.37. The highest BCUT2D eigenvalue weighted by Crippen LogP contribution is 2.27. The molecule has 0 aliphatic carbocycles. The van der Waals surface area contributed by atoms with Crippen LogP contribution >= 0.6 is 11.8 Å². The molecule has 0 radical (unpaired) electrons. The quantitative estimate of drug-likeness (QED) is 0.432. The van der Waals surface area contributed by atoms with Crippen LogP contribution < -0.4 is 16.6 Å². The van der Waals surface area contributed by atoms with E-state index in [4.69, 9.17) is 5.84 Å². The van der Waals surface area contributed by atoms with Gasteiger partial charge in [-0.25, -0.2) is 5.84 Å². The lowest BCUT2D eigenvalue weighted by Gasteiger charge is -2.20.